The predicted molar refractivity (Wildman–Crippen MR) is 67.8 cm³/mol. The van der Waals surface area contributed by atoms with Crippen LogP contribution in [0.5, 0.6) is 0 Å². The number of esters is 1. The molecule has 1 saturated carbocycles. The third-order valence-corrected chi connectivity index (χ3v) is 5.58. The van der Waals surface area contributed by atoms with Crippen molar-refractivity contribution in [2.75, 3.05) is 6.61 Å². The van der Waals surface area contributed by atoms with Crippen LogP contribution < -0.4 is 0 Å². The van der Waals surface area contributed by atoms with Crippen LogP contribution in [0.15, 0.2) is 11.6 Å². The van der Waals surface area contributed by atoms with Gasteiger partial charge < -0.3 is 9.84 Å². The smallest absolute Gasteiger partial charge is 0.309 e. The van der Waals surface area contributed by atoms with E-state index >= 15 is 0 Å². The average Bonchev–Trinajstić information content (AvgIpc) is 2.91. The van der Waals surface area contributed by atoms with Crippen molar-refractivity contribution >= 4 is 5.97 Å². The average molecular weight is 250 g/mol. The second-order valence-electron chi connectivity index (χ2n) is 6.36. The van der Waals surface area contributed by atoms with Crippen molar-refractivity contribution in [2.24, 2.45) is 23.2 Å². The van der Waals surface area contributed by atoms with Gasteiger partial charge in [0.25, 0.3) is 0 Å². The van der Waals surface area contributed by atoms with Crippen molar-refractivity contribution in [1.82, 2.24) is 0 Å². The van der Waals surface area contributed by atoms with E-state index in [4.69, 9.17) is 4.74 Å². The Morgan fingerprint density at radius 1 is 1.44 bits per heavy atom. The Morgan fingerprint density at radius 3 is 2.89 bits per heavy atom. The SMILES string of the molecule is C[C@@H]1CC[C@@H]2[C@@H](C)C(=O)O[C@@H]2[C@@]12C=C(CO)CC2. The molecule has 0 amide bonds. The second kappa shape index (κ2) is 4.09. The molecule has 2 fully saturated rings. The molecular weight excluding hydrogens is 228 g/mol. The Morgan fingerprint density at radius 2 is 2.22 bits per heavy atom. The maximum atomic E-state index is 11.8. The Hall–Kier alpha value is -0.830. The maximum absolute atomic E-state index is 11.8. The van der Waals surface area contributed by atoms with Crippen LogP contribution in [0.2, 0.25) is 0 Å². The lowest BCUT2D eigenvalue weighted by atomic mass is 9.60. The fourth-order valence-electron chi connectivity index (χ4n) is 4.30. The molecule has 0 bridgehead atoms. The largest absolute Gasteiger partial charge is 0.461 e. The van der Waals surface area contributed by atoms with Crippen molar-refractivity contribution in [3.63, 3.8) is 0 Å². The lowest BCUT2D eigenvalue weighted by molar-refractivity contribution is -0.149. The number of hydrogen-bond acceptors (Lipinski definition) is 3. The van der Waals surface area contributed by atoms with Crippen LogP contribution >= 0.6 is 0 Å². The van der Waals surface area contributed by atoms with Gasteiger partial charge in [0.1, 0.15) is 6.10 Å². The maximum Gasteiger partial charge on any atom is 0.309 e. The highest BCUT2D eigenvalue weighted by molar-refractivity contribution is 5.75. The van der Waals surface area contributed by atoms with Crippen molar-refractivity contribution in [3.8, 4) is 0 Å². The van der Waals surface area contributed by atoms with Crippen molar-refractivity contribution in [3.05, 3.63) is 11.6 Å². The molecule has 2 aliphatic carbocycles. The van der Waals surface area contributed by atoms with E-state index in [2.05, 4.69) is 13.0 Å². The minimum atomic E-state index is -0.0238. The minimum Gasteiger partial charge on any atom is -0.461 e. The van der Waals surface area contributed by atoms with E-state index in [1.165, 1.54) is 0 Å². The van der Waals surface area contributed by atoms with Gasteiger partial charge in [0.05, 0.1) is 12.5 Å². The van der Waals surface area contributed by atoms with E-state index in [0.29, 0.717) is 11.8 Å². The highest BCUT2D eigenvalue weighted by atomic mass is 16.6. The summed E-state index contributed by atoms with van der Waals surface area (Å²) in [5.74, 6) is 0.944. The Bertz CT molecular complexity index is 401. The fourth-order valence-corrected chi connectivity index (χ4v) is 4.30. The first-order valence-corrected chi connectivity index (χ1v) is 7.10. The van der Waals surface area contributed by atoms with Gasteiger partial charge in [-0.15, -0.1) is 0 Å². The quantitative estimate of drug-likeness (QED) is 0.574. The number of carbonyl (C=O) groups is 1. The monoisotopic (exact) mass is 250 g/mol. The van der Waals surface area contributed by atoms with Crippen molar-refractivity contribution in [1.29, 1.82) is 0 Å². The highest BCUT2D eigenvalue weighted by Gasteiger charge is 2.57. The molecule has 0 aromatic heterocycles. The van der Waals surface area contributed by atoms with Crippen LogP contribution in [-0.2, 0) is 9.53 Å². The van der Waals surface area contributed by atoms with Gasteiger partial charge in [-0.1, -0.05) is 19.9 Å². The molecule has 100 valence electrons. The number of ether oxygens (including phenoxy) is 1. The first-order chi connectivity index (χ1) is 8.58. The molecule has 0 radical (unpaired) electrons. The zero-order valence-corrected chi connectivity index (χ0v) is 11.2. The number of hydrogen-bond donors (Lipinski definition) is 1. The summed E-state index contributed by atoms with van der Waals surface area (Å²) >= 11 is 0. The molecule has 0 aromatic carbocycles. The van der Waals surface area contributed by atoms with Crippen LogP contribution in [0, 0.1) is 23.2 Å². The summed E-state index contributed by atoms with van der Waals surface area (Å²) in [6.07, 6.45) is 6.54. The molecule has 3 rings (SSSR count). The summed E-state index contributed by atoms with van der Waals surface area (Å²) in [7, 11) is 0. The molecule has 3 aliphatic rings. The zero-order valence-electron chi connectivity index (χ0n) is 11.2. The topological polar surface area (TPSA) is 46.5 Å². The van der Waals surface area contributed by atoms with Crippen molar-refractivity contribution in [2.45, 2.75) is 45.6 Å². The normalized spacial score (nSPS) is 47.1. The predicted octanol–water partition coefficient (Wildman–Crippen LogP) is 2.29. The van der Waals surface area contributed by atoms with E-state index in [1.54, 1.807) is 0 Å². The minimum absolute atomic E-state index is 0.00139. The lowest BCUT2D eigenvalue weighted by Gasteiger charge is -2.45. The third-order valence-electron chi connectivity index (χ3n) is 5.58. The molecule has 5 atom stereocenters. The summed E-state index contributed by atoms with van der Waals surface area (Å²) in [6.45, 7) is 4.42. The molecule has 1 N–H and O–H groups in total. The van der Waals surface area contributed by atoms with Crippen LogP contribution in [0.25, 0.3) is 0 Å². The van der Waals surface area contributed by atoms with Gasteiger partial charge in [0, 0.05) is 11.3 Å². The molecule has 1 heterocycles. The first kappa shape index (κ1) is 12.2. The van der Waals surface area contributed by atoms with E-state index in [0.717, 1.165) is 31.3 Å². The van der Waals surface area contributed by atoms with Gasteiger partial charge in [0.15, 0.2) is 0 Å². The lowest BCUT2D eigenvalue weighted by Crippen LogP contribution is -2.45. The van der Waals surface area contributed by atoms with Crippen molar-refractivity contribution < 1.29 is 14.6 Å². The molecule has 3 nitrogen and oxygen atoms in total. The summed E-state index contributed by atoms with van der Waals surface area (Å²) in [5, 5.41) is 9.33. The van der Waals surface area contributed by atoms with E-state index in [9.17, 15) is 9.90 Å². The molecular formula is C15H22O3. The molecule has 3 heteroatoms. The second-order valence-corrected chi connectivity index (χ2v) is 6.36. The van der Waals surface area contributed by atoms with Crippen LogP contribution in [0.3, 0.4) is 0 Å². The molecule has 0 aromatic rings. The zero-order chi connectivity index (χ0) is 12.9. The number of aliphatic hydroxyl groups is 1. The van der Waals surface area contributed by atoms with E-state index in [-0.39, 0.29) is 30.0 Å². The standard InChI is InChI=1S/C15H22O3/c1-9-3-4-12-10(2)14(17)18-13(12)15(9)6-5-11(7-15)8-16/h7,9-10,12-13,16H,3-6,8H2,1-2H3/t9-,10-,12-,13+,15+/m1/s1. The van der Waals surface area contributed by atoms with Gasteiger partial charge in [-0.05, 0) is 37.2 Å². The molecule has 0 unspecified atom stereocenters. The summed E-state index contributed by atoms with van der Waals surface area (Å²) < 4.78 is 5.71. The molecule has 18 heavy (non-hydrogen) atoms. The van der Waals surface area contributed by atoms with E-state index < -0.39 is 0 Å². The first-order valence-electron chi connectivity index (χ1n) is 7.10. The van der Waals surface area contributed by atoms with Gasteiger partial charge in [0.2, 0.25) is 0 Å². The van der Waals surface area contributed by atoms with Crippen LogP contribution in [0.4, 0.5) is 0 Å². The Balaban J connectivity index is 1.97. The van der Waals surface area contributed by atoms with Crippen LogP contribution in [0.1, 0.15) is 39.5 Å². The third kappa shape index (κ3) is 1.49. The van der Waals surface area contributed by atoms with Crippen LogP contribution in [-0.4, -0.2) is 23.8 Å². The van der Waals surface area contributed by atoms with Gasteiger partial charge in [-0.25, -0.2) is 0 Å². The number of carbonyl (C=O) groups excluding carboxylic acids is 1. The Kier molecular flexibility index (Phi) is 2.77. The molecule has 1 aliphatic heterocycles. The van der Waals surface area contributed by atoms with Gasteiger partial charge >= 0.3 is 5.97 Å². The van der Waals surface area contributed by atoms with Gasteiger partial charge in [-0.2, -0.15) is 0 Å². The Labute approximate surface area is 108 Å². The molecule has 1 spiro atoms. The van der Waals surface area contributed by atoms with Gasteiger partial charge in [-0.3, -0.25) is 4.79 Å². The number of rotatable bonds is 1. The summed E-state index contributed by atoms with van der Waals surface area (Å²) in [6, 6.07) is 0. The fraction of sp³-hybridized carbons (Fsp3) is 0.800. The number of fused-ring (bicyclic) bond motifs is 2. The number of aliphatic hydroxyl groups excluding tert-OH is 1. The molecule has 1 saturated heterocycles. The van der Waals surface area contributed by atoms with E-state index in [1.807, 2.05) is 6.92 Å². The highest BCUT2D eigenvalue weighted by Crippen LogP contribution is 2.57. The summed E-state index contributed by atoms with van der Waals surface area (Å²) in [5.41, 5.74) is 1.12. The summed E-state index contributed by atoms with van der Waals surface area (Å²) in [4.78, 5) is 11.8.